The number of benzene rings is 1. The van der Waals surface area contributed by atoms with Crippen LogP contribution in [0.2, 0.25) is 0 Å². The number of rotatable bonds is 4. The van der Waals surface area contributed by atoms with Crippen LogP contribution in [-0.2, 0) is 9.84 Å². The van der Waals surface area contributed by atoms with Gasteiger partial charge in [0.15, 0.2) is 15.6 Å². The molecule has 0 aromatic heterocycles. The van der Waals surface area contributed by atoms with Crippen LogP contribution in [0.15, 0.2) is 22.7 Å². The minimum Gasteiger partial charge on any atom is -0.495 e. The Morgan fingerprint density at radius 2 is 2.06 bits per heavy atom. The van der Waals surface area contributed by atoms with E-state index >= 15 is 0 Å². The Kier molecular flexibility index (Phi) is 4.09. The maximum Gasteiger partial charge on any atom is 0.181 e. The molecule has 1 aromatic rings. The molecule has 0 aliphatic carbocycles. The van der Waals surface area contributed by atoms with Crippen LogP contribution in [0.1, 0.15) is 10.4 Å². The van der Waals surface area contributed by atoms with Gasteiger partial charge in [-0.1, -0.05) is 6.07 Å². The molecule has 0 spiro atoms. The Balaban J connectivity index is 3.14. The molecule has 0 fully saturated rings. The Morgan fingerprint density at radius 3 is 2.56 bits per heavy atom. The van der Waals surface area contributed by atoms with Crippen molar-refractivity contribution in [2.24, 2.45) is 0 Å². The van der Waals surface area contributed by atoms with Gasteiger partial charge in [-0.25, -0.2) is 8.42 Å². The van der Waals surface area contributed by atoms with Crippen molar-refractivity contribution in [3.63, 3.8) is 0 Å². The van der Waals surface area contributed by atoms with Gasteiger partial charge in [-0.15, -0.1) is 0 Å². The lowest BCUT2D eigenvalue weighted by atomic mass is 10.1. The van der Waals surface area contributed by atoms with E-state index in [0.717, 1.165) is 6.26 Å². The van der Waals surface area contributed by atoms with Crippen LogP contribution in [0, 0.1) is 0 Å². The van der Waals surface area contributed by atoms with Crippen LogP contribution in [0.25, 0.3) is 0 Å². The summed E-state index contributed by atoms with van der Waals surface area (Å²) in [5.41, 5.74) is 0.266. The highest BCUT2D eigenvalue weighted by atomic mass is 79.9. The molecule has 0 unspecified atom stereocenters. The van der Waals surface area contributed by atoms with Gasteiger partial charge in [-0.2, -0.15) is 0 Å². The van der Waals surface area contributed by atoms with E-state index in [1.54, 1.807) is 12.1 Å². The molecule has 4 nitrogen and oxygen atoms in total. The zero-order valence-electron chi connectivity index (χ0n) is 8.86. The minimum atomic E-state index is -3.33. The fourth-order valence-corrected chi connectivity index (χ4v) is 2.41. The number of halogens is 1. The number of hydrogen-bond donors (Lipinski definition) is 0. The smallest absolute Gasteiger partial charge is 0.181 e. The van der Waals surface area contributed by atoms with Gasteiger partial charge >= 0.3 is 0 Å². The van der Waals surface area contributed by atoms with E-state index in [1.807, 2.05) is 0 Å². The van der Waals surface area contributed by atoms with E-state index in [9.17, 15) is 13.2 Å². The van der Waals surface area contributed by atoms with Gasteiger partial charge in [-0.3, -0.25) is 4.79 Å². The highest BCUT2D eigenvalue weighted by Crippen LogP contribution is 2.29. The van der Waals surface area contributed by atoms with Crippen LogP contribution in [0.4, 0.5) is 0 Å². The molecule has 1 aromatic carbocycles. The minimum absolute atomic E-state index is 0.266. The standard InChI is InChI=1S/C10H11BrO4S/c1-15-10-7(4-3-5-8(10)11)9(12)6-16(2,13)14/h3-5H,6H2,1-2H3. The van der Waals surface area contributed by atoms with Crippen molar-refractivity contribution in [2.75, 3.05) is 19.1 Å². The molecule has 1 rings (SSSR count). The third kappa shape index (κ3) is 3.31. The van der Waals surface area contributed by atoms with Crippen molar-refractivity contribution in [1.82, 2.24) is 0 Å². The number of ether oxygens (including phenoxy) is 1. The first-order valence-electron chi connectivity index (χ1n) is 4.38. The predicted molar refractivity (Wildman–Crippen MR) is 64.7 cm³/mol. The number of methoxy groups -OCH3 is 1. The van der Waals surface area contributed by atoms with Crippen molar-refractivity contribution < 1.29 is 17.9 Å². The highest BCUT2D eigenvalue weighted by Gasteiger charge is 2.18. The lowest BCUT2D eigenvalue weighted by Crippen LogP contribution is -2.15. The summed E-state index contributed by atoms with van der Waals surface area (Å²) in [6.07, 6.45) is 1.02. The van der Waals surface area contributed by atoms with E-state index in [-0.39, 0.29) is 5.56 Å². The fourth-order valence-electron chi connectivity index (χ4n) is 1.25. The van der Waals surface area contributed by atoms with E-state index in [1.165, 1.54) is 13.2 Å². The Hall–Kier alpha value is -0.880. The first kappa shape index (κ1) is 13.2. The monoisotopic (exact) mass is 306 g/mol. The summed E-state index contributed by atoms with van der Waals surface area (Å²) in [5.74, 6) is -0.628. The first-order valence-corrected chi connectivity index (χ1v) is 7.24. The SMILES string of the molecule is COc1c(Br)cccc1C(=O)CS(C)(=O)=O. The second-order valence-electron chi connectivity index (χ2n) is 3.31. The number of Topliss-reactive ketones (excluding diaryl/α,β-unsaturated/α-hetero) is 1. The van der Waals surface area contributed by atoms with Gasteiger partial charge in [0, 0.05) is 6.26 Å². The molecular weight excluding hydrogens is 296 g/mol. The molecule has 88 valence electrons. The highest BCUT2D eigenvalue weighted by molar-refractivity contribution is 9.10. The number of carbonyl (C=O) groups excluding carboxylic acids is 1. The number of para-hydroxylation sites is 1. The third-order valence-corrected chi connectivity index (χ3v) is 3.28. The van der Waals surface area contributed by atoms with Gasteiger partial charge in [0.2, 0.25) is 0 Å². The average molecular weight is 307 g/mol. The van der Waals surface area contributed by atoms with Gasteiger partial charge in [0.25, 0.3) is 0 Å². The van der Waals surface area contributed by atoms with Crippen molar-refractivity contribution in [3.8, 4) is 5.75 Å². The van der Waals surface area contributed by atoms with E-state index in [2.05, 4.69) is 15.9 Å². The van der Waals surface area contributed by atoms with E-state index in [0.29, 0.717) is 10.2 Å². The Labute approximate surface area is 103 Å². The van der Waals surface area contributed by atoms with Crippen molar-refractivity contribution in [2.45, 2.75) is 0 Å². The summed E-state index contributed by atoms with van der Waals surface area (Å²) >= 11 is 3.23. The van der Waals surface area contributed by atoms with Crippen molar-refractivity contribution in [1.29, 1.82) is 0 Å². The zero-order chi connectivity index (χ0) is 12.3. The van der Waals surface area contributed by atoms with E-state index in [4.69, 9.17) is 4.74 Å². The summed E-state index contributed by atoms with van der Waals surface area (Å²) in [6.45, 7) is 0. The second-order valence-corrected chi connectivity index (χ2v) is 6.31. The molecule has 16 heavy (non-hydrogen) atoms. The van der Waals surface area contributed by atoms with Gasteiger partial charge in [0.05, 0.1) is 17.1 Å². The predicted octanol–water partition coefficient (Wildman–Crippen LogP) is 1.68. The largest absolute Gasteiger partial charge is 0.495 e. The van der Waals surface area contributed by atoms with Gasteiger partial charge < -0.3 is 4.74 Å². The first-order chi connectivity index (χ1) is 7.35. The molecule has 0 saturated heterocycles. The maximum absolute atomic E-state index is 11.7. The summed E-state index contributed by atoms with van der Waals surface area (Å²) < 4.78 is 27.7. The van der Waals surface area contributed by atoms with Gasteiger partial charge in [-0.05, 0) is 28.1 Å². The number of ketones is 1. The number of sulfone groups is 1. The van der Waals surface area contributed by atoms with Crippen LogP contribution in [0.5, 0.6) is 5.75 Å². The molecule has 0 N–H and O–H groups in total. The topological polar surface area (TPSA) is 60.4 Å². The second kappa shape index (κ2) is 4.97. The number of hydrogen-bond acceptors (Lipinski definition) is 4. The molecular formula is C10H11BrO4S. The number of carbonyl (C=O) groups is 1. The quantitative estimate of drug-likeness (QED) is 0.794. The van der Waals surface area contributed by atoms with Crippen molar-refractivity contribution >= 4 is 31.6 Å². The summed E-state index contributed by atoms with van der Waals surface area (Å²) in [7, 11) is -1.90. The van der Waals surface area contributed by atoms with Crippen LogP contribution in [0.3, 0.4) is 0 Å². The van der Waals surface area contributed by atoms with Crippen LogP contribution in [-0.4, -0.2) is 33.3 Å². The normalized spacial score (nSPS) is 11.2. The molecule has 0 saturated carbocycles. The van der Waals surface area contributed by atoms with Crippen LogP contribution < -0.4 is 4.74 Å². The molecule has 6 heteroatoms. The average Bonchev–Trinajstić information content (AvgIpc) is 2.14. The lowest BCUT2D eigenvalue weighted by molar-refractivity contribution is 0.101. The molecule has 0 aliphatic rings. The molecule has 0 heterocycles. The Bertz CT molecular complexity index is 508. The third-order valence-electron chi connectivity index (χ3n) is 1.86. The van der Waals surface area contributed by atoms with Crippen molar-refractivity contribution in [3.05, 3.63) is 28.2 Å². The molecule has 0 radical (unpaired) electrons. The molecule has 0 amide bonds. The lowest BCUT2D eigenvalue weighted by Gasteiger charge is -2.08. The Morgan fingerprint density at radius 1 is 1.44 bits per heavy atom. The molecule has 0 atom stereocenters. The van der Waals surface area contributed by atoms with Gasteiger partial charge in [0.1, 0.15) is 11.5 Å². The van der Waals surface area contributed by atoms with E-state index < -0.39 is 21.4 Å². The van der Waals surface area contributed by atoms with Crippen LogP contribution >= 0.6 is 15.9 Å². The molecule has 0 aliphatic heterocycles. The fraction of sp³-hybridized carbons (Fsp3) is 0.300. The summed E-state index contributed by atoms with van der Waals surface area (Å²) in [4.78, 5) is 11.7. The molecule has 0 bridgehead atoms. The summed E-state index contributed by atoms with van der Waals surface area (Å²) in [6, 6.07) is 4.91. The zero-order valence-corrected chi connectivity index (χ0v) is 11.3. The summed E-state index contributed by atoms with van der Waals surface area (Å²) in [5, 5.41) is 0. The maximum atomic E-state index is 11.7.